The molecule has 0 aliphatic heterocycles. The summed E-state index contributed by atoms with van der Waals surface area (Å²) in [7, 11) is -1.66. The number of rotatable bonds is 4. The van der Waals surface area contributed by atoms with Crippen LogP contribution in [0.1, 0.15) is 38.5 Å². The van der Waals surface area contributed by atoms with Gasteiger partial charge >= 0.3 is 0 Å². The molecule has 0 N–H and O–H groups in total. The van der Waals surface area contributed by atoms with E-state index in [-0.39, 0.29) is 17.0 Å². The molecule has 0 bridgehead atoms. The molecule has 1 aliphatic rings. The molecule has 0 nitrogen and oxygen atoms in total. The molecule has 0 aromatic heterocycles. The lowest BCUT2D eigenvalue weighted by atomic mass is 10.2. The lowest BCUT2D eigenvalue weighted by molar-refractivity contribution is 0.702. The first-order valence-electron chi connectivity index (χ1n) is 9.98. The molecule has 0 radical (unpaired) electrons. The quantitative estimate of drug-likeness (QED) is 0.331. The van der Waals surface area contributed by atoms with Crippen LogP contribution in [0.4, 0.5) is 0 Å². The maximum atomic E-state index is 2.39. The summed E-state index contributed by atoms with van der Waals surface area (Å²) in [4.78, 5) is 0. The molecule has 140 valence electrons. The fourth-order valence-electron chi connectivity index (χ4n) is 4.71. The Bertz CT molecular complexity index is 697. The minimum atomic E-state index is -1.66. The predicted molar refractivity (Wildman–Crippen MR) is 127 cm³/mol. The number of hydrogen-bond acceptors (Lipinski definition) is 0. The van der Waals surface area contributed by atoms with Crippen LogP contribution in [0, 0.1) is 0 Å². The van der Waals surface area contributed by atoms with Crippen molar-refractivity contribution in [3.8, 4) is 0 Å². The van der Waals surface area contributed by atoms with Gasteiger partial charge in [-0.2, -0.15) is 0 Å². The average molecular weight is 440 g/mol. The molecule has 27 heavy (non-hydrogen) atoms. The normalized spacial score (nSPS) is 15.6. The first kappa shape index (κ1) is 20.3. The zero-order valence-corrected chi connectivity index (χ0v) is 18.4. The van der Waals surface area contributed by atoms with Gasteiger partial charge in [-0.25, -0.2) is 0 Å². The summed E-state index contributed by atoms with van der Waals surface area (Å²) in [6.45, 7) is 0. The van der Waals surface area contributed by atoms with Gasteiger partial charge in [0.1, 0.15) is 23.2 Å². The summed E-state index contributed by atoms with van der Waals surface area (Å²) in [6, 6.07) is 34.2. The highest BCUT2D eigenvalue weighted by molar-refractivity contribution is 8.93. The lowest BCUT2D eigenvalue weighted by Crippen LogP contribution is -2.38. The highest BCUT2D eigenvalue weighted by Crippen LogP contribution is 2.62. The summed E-state index contributed by atoms with van der Waals surface area (Å²) in [5, 5.41) is 4.64. The van der Waals surface area contributed by atoms with Crippen molar-refractivity contribution in [2.75, 3.05) is 0 Å². The molecule has 4 rings (SSSR count). The highest BCUT2D eigenvalue weighted by atomic mass is 79.9. The second-order valence-corrected chi connectivity index (χ2v) is 11.1. The van der Waals surface area contributed by atoms with Crippen molar-refractivity contribution in [1.82, 2.24) is 0 Å². The van der Waals surface area contributed by atoms with E-state index in [1.165, 1.54) is 38.5 Å². The van der Waals surface area contributed by atoms with Gasteiger partial charge in [0.25, 0.3) is 0 Å². The van der Waals surface area contributed by atoms with Gasteiger partial charge < -0.3 is 0 Å². The summed E-state index contributed by atoms with van der Waals surface area (Å²) in [5.41, 5.74) is 0.747. The second kappa shape index (κ2) is 9.67. The molecule has 0 amide bonds. The van der Waals surface area contributed by atoms with E-state index in [1.807, 2.05) is 0 Å². The minimum Gasteiger partial charge on any atom is -0.114 e. The molecule has 0 heterocycles. The molecule has 0 unspecified atom stereocenters. The molecule has 3 aromatic rings. The van der Waals surface area contributed by atoms with Crippen molar-refractivity contribution in [3.05, 3.63) is 91.0 Å². The molecule has 1 fully saturated rings. The van der Waals surface area contributed by atoms with Crippen molar-refractivity contribution in [2.45, 2.75) is 44.2 Å². The number of benzene rings is 3. The van der Waals surface area contributed by atoms with E-state index in [2.05, 4.69) is 91.0 Å². The van der Waals surface area contributed by atoms with E-state index in [1.54, 1.807) is 15.9 Å². The molecule has 1 aliphatic carbocycles. The lowest BCUT2D eigenvalue weighted by Gasteiger charge is -2.34. The Morgan fingerprint density at radius 2 is 0.815 bits per heavy atom. The third kappa shape index (κ3) is 4.05. The second-order valence-electron chi connectivity index (χ2n) is 7.37. The van der Waals surface area contributed by atoms with Gasteiger partial charge in [-0.3, -0.25) is 0 Å². The summed E-state index contributed by atoms with van der Waals surface area (Å²) in [5.74, 6) is 0. The van der Waals surface area contributed by atoms with Crippen molar-refractivity contribution in [1.29, 1.82) is 0 Å². The van der Waals surface area contributed by atoms with Crippen LogP contribution < -0.4 is 15.9 Å². The van der Waals surface area contributed by atoms with E-state index < -0.39 is 7.26 Å². The Labute approximate surface area is 175 Å². The van der Waals surface area contributed by atoms with Crippen LogP contribution in [0.25, 0.3) is 0 Å². The van der Waals surface area contributed by atoms with Gasteiger partial charge in [0.05, 0.1) is 5.66 Å². The predicted octanol–water partition coefficient (Wildman–Crippen LogP) is 6.28. The topological polar surface area (TPSA) is 0 Å². The smallest absolute Gasteiger partial charge is 0.114 e. The van der Waals surface area contributed by atoms with Gasteiger partial charge in [0, 0.05) is 0 Å². The zero-order chi connectivity index (χ0) is 17.7. The number of halogens is 1. The summed E-state index contributed by atoms with van der Waals surface area (Å²) >= 11 is 0. The van der Waals surface area contributed by atoms with Crippen molar-refractivity contribution in [3.63, 3.8) is 0 Å². The van der Waals surface area contributed by atoms with Crippen LogP contribution in [-0.4, -0.2) is 5.66 Å². The maximum absolute atomic E-state index is 2.39. The molecule has 0 atom stereocenters. The van der Waals surface area contributed by atoms with E-state index in [0.717, 1.165) is 5.66 Å². The van der Waals surface area contributed by atoms with E-state index in [4.69, 9.17) is 0 Å². The summed E-state index contributed by atoms with van der Waals surface area (Å²) < 4.78 is 0. The Balaban J connectivity index is 0.00000210. The van der Waals surface area contributed by atoms with Crippen molar-refractivity contribution in [2.24, 2.45) is 0 Å². The van der Waals surface area contributed by atoms with Gasteiger partial charge in [-0.1, -0.05) is 67.4 Å². The fourth-order valence-corrected chi connectivity index (χ4v) is 9.94. The Morgan fingerprint density at radius 1 is 0.481 bits per heavy atom. The van der Waals surface area contributed by atoms with Crippen molar-refractivity contribution >= 4 is 40.2 Å². The Hall–Kier alpha value is -1.43. The molecule has 3 aromatic carbocycles. The minimum absolute atomic E-state index is 0. The Kier molecular flexibility index (Phi) is 7.27. The first-order valence-corrected chi connectivity index (χ1v) is 11.8. The number of hydrogen-bond donors (Lipinski definition) is 0. The van der Waals surface area contributed by atoms with Crippen LogP contribution in [0.5, 0.6) is 0 Å². The van der Waals surface area contributed by atoms with E-state index >= 15 is 0 Å². The first-order chi connectivity index (χ1) is 12.9. The van der Waals surface area contributed by atoms with Gasteiger partial charge in [-0.15, -0.1) is 17.0 Å². The highest BCUT2D eigenvalue weighted by Gasteiger charge is 2.51. The third-order valence-corrected chi connectivity index (χ3v) is 10.8. The van der Waals surface area contributed by atoms with Crippen molar-refractivity contribution < 1.29 is 0 Å². The van der Waals surface area contributed by atoms with Gasteiger partial charge in [-0.05, 0) is 62.1 Å². The molecule has 0 saturated heterocycles. The van der Waals surface area contributed by atoms with Gasteiger partial charge in [0.2, 0.25) is 0 Å². The standard InChI is InChI=1S/C25H28P.BrH/c1-2-7-15-22(14-6-1)26(23-16-8-3-9-17-23,24-18-10-4-11-19-24)25-20-12-5-13-21-25;/h3-5,8-13,16-22H,1-2,6-7,14-15H2;1H/q+1;. The van der Waals surface area contributed by atoms with E-state index in [9.17, 15) is 0 Å². The van der Waals surface area contributed by atoms with Crippen LogP contribution in [0.15, 0.2) is 91.0 Å². The van der Waals surface area contributed by atoms with Gasteiger partial charge in [0.15, 0.2) is 0 Å². The fraction of sp³-hybridized carbons (Fsp3) is 0.280. The monoisotopic (exact) mass is 439 g/mol. The van der Waals surface area contributed by atoms with E-state index in [0.29, 0.717) is 0 Å². The van der Waals surface area contributed by atoms with Crippen LogP contribution in [0.3, 0.4) is 0 Å². The average Bonchev–Trinajstić information content (AvgIpc) is 3.01. The SMILES string of the molecule is Br.c1ccc([P+](c2ccccc2)(c2ccccc2)C2CCCCCC2)cc1. The van der Waals surface area contributed by atoms with Crippen LogP contribution >= 0.6 is 24.2 Å². The largest absolute Gasteiger partial charge is 0.115 e. The molecule has 0 spiro atoms. The molecular weight excluding hydrogens is 411 g/mol. The molecular formula is C25H29BrP+. The van der Waals surface area contributed by atoms with Crippen LogP contribution in [0.2, 0.25) is 0 Å². The third-order valence-electron chi connectivity index (χ3n) is 5.86. The summed E-state index contributed by atoms with van der Waals surface area (Å²) in [6.07, 6.45) is 8.25. The van der Waals surface area contributed by atoms with Crippen LogP contribution in [-0.2, 0) is 0 Å². The molecule has 1 saturated carbocycles. The molecule has 2 heteroatoms. The Morgan fingerprint density at radius 3 is 1.15 bits per heavy atom. The maximum Gasteiger partial charge on any atom is 0.115 e. The zero-order valence-electron chi connectivity index (χ0n) is 15.8.